The van der Waals surface area contributed by atoms with Crippen LogP contribution in [0.4, 0.5) is 0 Å². The maximum absolute atomic E-state index is 5.73. The van der Waals surface area contributed by atoms with Gasteiger partial charge in [0.2, 0.25) is 0 Å². The summed E-state index contributed by atoms with van der Waals surface area (Å²) >= 11 is 1.82. The standard InChI is InChI=1S/C13H15NS/c1-10(14)9-15-13-7-6-11-4-2-3-5-12(11)8-13/h2-8,10H,9,14H2,1H3/t10-/m1/s1. The molecule has 15 heavy (non-hydrogen) atoms. The van der Waals surface area contributed by atoms with Crippen molar-refractivity contribution in [3.05, 3.63) is 42.5 Å². The third-order valence-electron chi connectivity index (χ3n) is 2.23. The van der Waals surface area contributed by atoms with Gasteiger partial charge in [0.15, 0.2) is 0 Å². The molecule has 2 heteroatoms. The van der Waals surface area contributed by atoms with Crippen LogP contribution in [0.25, 0.3) is 10.8 Å². The van der Waals surface area contributed by atoms with Crippen LogP contribution in [0.2, 0.25) is 0 Å². The van der Waals surface area contributed by atoms with Crippen molar-refractivity contribution in [1.29, 1.82) is 0 Å². The van der Waals surface area contributed by atoms with Crippen LogP contribution in [0.3, 0.4) is 0 Å². The van der Waals surface area contributed by atoms with Gasteiger partial charge < -0.3 is 5.73 Å². The summed E-state index contributed by atoms with van der Waals surface area (Å²) in [5.74, 6) is 0.971. The lowest BCUT2D eigenvalue weighted by Gasteiger charge is -2.05. The number of thioether (sulfide) groups is 1. The number of benzene rings is 2. The van der Waals surface area contributed by atoms with Gasteiger partial charge in [-0.05, 0) is 29.8 Å². The fourth-order valence-electron chi connectivity index (χ4n) is 1.48. The van der Waals surface area contributed by atoms with E-state index < -0.39 is 0 Å². The molecule has 1 nitrogen and oxygen atoms in total. The first-order valence-corrected chi connectivity index (χ1v) is 6.11. The number of fused-ring (bicyclic) bond motifs is 1. The Balaban J connectivity index is 2.23. The molecule has 0 aliphatic rings. The van der Waals surface area contributed by atoms with E-state index >= 15 is 0 Å². The van der Waals surface area contributed by atoms with Crippen molar-refractivity contribution < 1.29 is 0 Å². The number of rotatable bonds is 3. The Hall–Kier alpha value is -0.990. The summed E-state index contributed by atoms with van der Waals surface area (Å²) in [6.07, 6.45) is 0. The monoisotopic (exact) mass is 217 g/mol. The summed E-state index contributed by atoms with van der Waals surface area (Å²) in [4.78, 5) is 1.30. The normalized spacial score (nSPS) is 12.9. The molecule has 0 spiro atoms. The van der Waals surface area contributed by atoms with E-state index in [1.807, 2.05) is 18.7 Å². The summed E-state index contributed by atoms with van der Waals surface area (Å²) < 4.78 is 0. The molecule has 2 aromatic carbocycles. The van der Waals surface area contributed by atoms with Gasteiger partial charge in [0, 0.05) is 16.7 Å². The average molecular weight is 217 g/mol. The van der Waals surface area contributed by atoms with Gasteiger partial charge >= 0.3 is 0 Å². The summed E-state index contributed by atoms with van der Waals surface area (Å²) in [6, 6.07) is 15.2. The fourth-order valence-corrected chi connectivity index (χ4v) is 2.31. The molecule has 0 unspecified atom stereocenters. The van der Waals surface area contributed by atoms with Crippen molar-refractivity contribution >= 4 is 22.5 Å². The van der Waals surface area contributed by atoms with Gasteiger partial charge in [-0.3, -0.25) is 0 Å². The second-order valence-electron chi connectivity index (χ2n) is 3.80. The molecule has 0 aromatic heterocycles. The molecular formula is C13H15NS. The SMILES string of the molecule is C[C@@H](N)CSc1ccc2ccccc2c1. The molecule has 0 heterocycles. The van der Waals surface area contributed by atoms with Crippen LogP contribution in [0, 0.1) is 0 Å². The Morgan fingerprint density at radius 3 is 2.60 bits per heavy atom. The molecule has 0 amide bonds. The number of hydrogen-bond donors (Lipinski definition) is 1. The van der Waals surface area contributed by atoms with E-state index in [-0.39, 0.29) is 6.04 Å². The molecule has 0 saturated heterocycles. The van der Waals surface area contributed by atoms with Crippen molar-refractivity contribution in [2.75, 3.05) is 5.75 Å². The molecule has 0 aliphatic carbocycles. The fraction of sp³-hybridized carbons (Fsp3) is 0.231. The van der Waals surface area contributed by atoms with Gasteiger partial charge in [-0.15, -0.1) is 11.8 Å². The molecular weight excluding hydrogens is 202 g/mol. The van der Waals surface area contributed by atoms with E-state index in [1.165, 1.54) is 15.7 Å². The van der Waals surface area contributed by atoms with E-state index in [0.717, 1.165) is 5.75 Å². The van der Waals surface area contributed by atoms with Crippen LogP contribution in [-0.2, 0) is 0 Å². The molecule has 1 atom stereocenters. The second kappa shape index (κ2) is 4.69. The van der Waals surface area contributed by atoms with Crippen LogP contribution in [0.15, 0.2) is 47.4 Å². The highest BCUT2D eigenvalue weighted by atomic mass is 32.2. The quantitative estimate of drug-likeness (QED) is 0.798. The van der Waals surface area contributed by atoms with E-state index in [0.29, 0.717) is 0 Å². The third kappa shape index (κ3) is 2.74. The summed E-state index contributed by atoms with van der Waals surface area (Å²) in [6.45, 7) is 2.04. The lowest BCUT2D eigenvalue weighted by molar-refractivity contribution is 0.847. The third-order valence-corrected chi connectivity index (χ3v) is 3.51. The Labute approximate surface area is 94.7 Å². The second-order valence-corrected chi connectivity index (χ2v) is 4.89. The van der Waals surface area contributed by atoms with Crippen molar-refractivity contribution in [2.24, 2.45) is 5.73 Å². The van der Waals surface area contributed by atoms with E-state index in [2.05, 4.69) is 42.5 Å². The molecule has 0 bridgehead atoms. The van der Waals surface area contributed by atoms with Gasteiger partial charge in [-0.2, -0.15) is 0 Å². The van der Waals surface area contributed by atoms with Gasteiger partial charge in [-0.1, -0.05) is 30.3 Å². The summed E-state index contributed by atoms with van der Waals surface area (Å²) in [5.41, 5.74) is 5.73. The number of nitrogens with two attached hydrogens (primary N) is 1. The van der Waals surface area contributed by atoms with Crippen molar-refractivity contribution in [3.8, 4) is 0 Å². The lowest BCUT2D eigenvalue weighted by Crippen LogP contribution is -2.17. The van der Waals surface area contributed by atoms with Crippen molar-refractivity contribution in [1.82, 2.24) is 0 Å². The molecule has 2 rings (SSSR count). The molecule has 0 radical (unpaired) electrons. The molecule has 2 N–H and O–H groups in total. The zero-order chi connectivity index (χ0) is 10.7. The van der Waals surface area contributed by atoms with Crippen LogP contribution >= 0.6 is 11.8 Å². The zero-order valence-corrected chi connectivity index (χ0v) is 9.63. The first kappa shape index (κ1) is 10.5. The predicted octanol–water partition coefficient (Wildman–Crippen LogP) is 3.28. The summed E-state index contributed by atoms with van der Waals surface area (Å²) in [7, 11) is 0. The number of hydrogen-bond acceptors (Lipinski definition) is 2. The zero-order valence-electron chi connectivity index (χ0n) is 8.81. The van der Waals surface area contributed by atoms with Gasteiger partial charge in [-0.25, -0.2) is 0 Å². The van der Waals surface area contributed by atoms with Gasteiger partial charge in [0.1, 0.15) is 0 Å². The molecule has 2 aromatic rings. The van der Waals surface area contributed by atoms with Crippen LogP contribution in [0.5, 0.6) is 0 Å². The maximum Gasteiger partial charge on any atom is 0.0129 e. The minimum Gasteiger partial charge on any atom is -0.327 e. The smallest absolute Gasteiger partial charge is 0.0129 e. The maximum atomic E-state index is 5.73. The van der Waals surface area contributed by atoms with Crippen LogP contribution in [-0.4, -0.2) is 11.8 Å². The minimum absolute atomic E-state index is 0.251. The Bertz CT molecular complexity index is 451. The van der Waals surface area contributed by atoms with Crippen LogP contribution < -0.4 is 5.73 Å². The highest BCUT2D eigenvalue weighted by Crippen LogP contribution is 2.23. The van der Waals surface area contributed by atoms with Gasteiger partial charge in [0.25, 0.3) is 0 Å². The molecule has 0 aliphatic heterocycles. The van der Waals surface area contributed by atoms with Crippen LogP contribution in [0.1, 0.15) is 6.92 Å². The predicted molar refractivity (Wildman–Crippen MR) is 68.3 cm³/mol. The highest BCUT2D eigenvalue weighted by molar-refractivity contribution is 7.99. The topological polar surface area (TPSA) is 26.0 Å². The highest BCUT2D eigenvalue weighted by Gasteiger charge is 1.98. The average Bonchev–Trinajstić information content (AvgIpc) is 2.26. The molecule has 0 saturated carbocycles. The van der Waals surface area contributed by atoms with E-state index in [4.69, 9.17) is 5.73 Å². The van der Waals surface area contributed by atoms with Crippen molar-refractivity contribution in [2.45, 2.75) is 17.9 Å². The van der Waals surface area contributed by atoms with E-state index in [1.54, 1.807) is 0 Å². The van der Waals surface area contributed by atoms with E-state index in [9.17, 15) is 0 Å². The summed E-state index contributed by atoms with van der Waals surface area (Å²) in [5, 5.41) is 2.59. The first-order chi connectivity index (χ1) is 7.25. The van der Waals surface area contributed by atoms with Gasteiger partial charge in [0.05, 0.1) is 0 Å². The minimum atomic E-state index is 0.251. The Morgan fingerprint density at radius 1 is 1.13 bits per heavy atom. The lowest BCUT2D eigenvalue weighted by atomic mass is 10.1. The first-order valence-electron chi connectivity index (χ1n) is 5.13. The molecule has 78 valence electrons. The largest absolute Gasteiger partial charge is 0.327 e. The van der Waals surface area contributed by atoms with Crippen molar-refractivity contribution in [3.63, 3.8) is 0 Å². The Kier molecular flexibility index (Phi) is 3.29. The molecule has 0 fully saturated rings. The Morgan fingerprint density at radius 2 is 1.87 bits per heavy atom.